The van der Waals surface area contributed by atoms with Gasteiger partial charge in [-0.25, -0.2) is 12.8 Å². The Kier molecular flexibility index (Phi) is 3.49. The van der Waals surface area contributed by atoms with E-state index in [0.717, 1.165) is 6.07 Å². The van der Waals surface area contributed by atoms with Gasteiger partial charge in [0, 0.05) is 5.69 Å². The third-order valence-electron chi connectivity index (χ3n) is 2.39. The van der Waals surface area contributed by atoms with Crippen LogP contribution in [0.3, 0.4) is 0 Å². The Labute approximate surface area is 110 Å². The van der Waals surface area contributed by atoms with Crippen LogP contribution in [0.2, 0.25) is 0 Å². The second-order valence-corrected chi connectivity index (χ2v) is 5.38. The number of sulfonamides is 1. The molecular weight excluding hydrogens is 267 g/mol. The van der Waals surface area contributed by atoms with E-state index in [1.807, 2.05) is 6.07 Å². The van der Waals surface area contributed by atoms with Gasteiger partial charge in [0.1, 0.15) is 10.7 Å². The van der Waals surface area contributed by atoms with E-state index in [1.54, 1.807) is 0 Å². The standard InChI is InChI=1S/C13H9FN2O2S/c14-12-3-1-2-4-13(12)19(17,18)16-11-7-5-10(9-15)6-8-11/h1-8,16H. The third-order valence-corrected chi connectivity index (χ3v) is 3.81. The molecule has 0 radical (unpaired) electrons. The molecule has 6 heteroatoms. The highest BCUT2D eigenvalue weighted by Crippen LogP contribution is 2.18. The highest BCUT2D eigenvalue weighted by atomic mass is 32.2. The van der Waals surface area contributed by atoms with Crippen molar-refractivity contribution in [2.45, 2.75) is 4.90 Å². The summed E-state index contributed by atoms with van der Waals surface area (Å²) in [7, 11) is -3.97. The van der Waals surface area contributed by atoms with Crippen LogP contribution >= 0.6 is 0 Å². The summed E-state index contributed by atoms with van der Waals surface area (Å²) < 4.78 is 39.6. The third kappa shape index (κ3) is 2.89. The molecule has 0 aliphatic heterocycles. The number of benzene rings is 2. The van der Waals surface area contributed by atoms with Gasteiger partial charge in [-0.15, -0.1) is 0 Å². The van der Waals surface area contributed by atoms with Crippen LogP contribution in [0, 0.1) is 17.1 Å². The second-order valence-electron chi connectivity index (χ2n) is 3.73. The van der Waals surface area contributed by atoms with Crippen LogP contribution in [0.15, 0.2) is 53.4 Å². The van der Waals surface area contributed by atoms with Crippen LogP contribution < -0.4 is 4.72 Å². The lowest BCUT2D eigenvalue weighted by Crippen LogP contribution is -2.14. The van der Waals surface area contributed by atoms with Crippen molar-refractivity contribution in [3.8, 4) is 6.07 Å². The molecule has 0 heterocycles. The Bertz CT molecular complexity index is 734. The summed E-state index contributed by atoms with van der Waals surface area (Å²) in [5.74, 6) is -0.816. The molecule has 0 atom stereocenters. The number of nitriles is 1. The minimum atomic E-state index is -3.97. The van der Waals surface area contributed by atoms with E-state index < -0.39 is 20.7 Å². The number of rotatable bonds is 3. The molecule has 0 amide bonds. The summed E-state index contributed by atoms with van der Waals surface area (Å²) in [6.07, 6.45) is 0. The molecular formula is C13H9FN2O2S. The van der Waals surface area contributed by atoms with E-state index in [9.17, 15) is 12.8 Å². The van der Waals surface area contributed by atoms with Gasteiger partial charge < -0.3 is 0 Å². The first-order chi connectivity index (χ1) is 9.03. The maximum atomic E-state index is 13.4. The Morgan fingerprint density at radius 1 is 1.05 bits per heavy atom. The number of hydrogen-bond acceptors (Lipinski definition) is 3. The Hall–Kier alpha value is -2.39. The van der Waals surface area contributed by atoms with Crippen molar-refractivity contribution in [1.29, 1.82) is 5.26 Å². The molecule has 4 nitrogen and oxygen atoms in total. The summed E-state index contributed by atoms with van der Waals surface area (Å²) in [6, 6.07) is 12.9. The van der Waals surface area contributed by atoms with E-state index in [4.69, 9.17) is 5.26 Å². The molecule has 0 aliphatic rings. The van der Waals surface area contributed by atoms with Crippen LogP contribution in [0.4, 0.5) is 10.1 Å². The van der Waals surface area contributed by atoms with Crippen LogP contribution in [-0.4, -0.2) is 8.42 Å². The maximum absolute atomic E-state index is 13.4. The van der Waals surface area contributed by atoms with Crippen molar-refractivity contribution >= 4 is 15.7 Å². The van der Waals surface area contributed by atoms with Crippen molar-refractivity contribution < 1.29 is 12.8 Å². The molecule has 0 unspecified atom stereocenters. The van der Waals surface area contributed by atoms with Crippen molar-refractivity contribution in [2.75, 3.05) is 4.72 Å². The molecule has 2 aromatic rings. The van der Waals surface area contributed by atoms with Gasteiger partial charge in [0.05, 0.1) is 11.6 Å². The van der Waals surface area contributed by atoms with Crippen LogP contribution in [0.1, 0.15) is 5.56 Å². The summed E-state index contributed by atoms with van der Waals surface area (Å²) in [5, 5.41) is 8.64. The maximum Gasteiger partial charge on any atom is 0.264 e. The molecule has 0 aliphatic carbocycles. The lowest BCUT2D eigenvalue weighted by molar-refractivity contribution is 0.570. The molecule has 0 saturated heterocycles. The highest BCUT2D eigenvalue weighted by molar-refractivity contribution is 7.92. The zero-order valence-corrected chi connectivity index (χ0v) is 10.5. The van der Waals surface area contributed by atoms with E-state index in [1.165, 1.54) is 42.5 Å². The van der Waals surface area contributed by atoms with Crippen LogP contribution in [-0.2, 0) is 10.0 Å². The fourth-order valence-corrected chi connectivity index (χ4v) is 2.62. The summed E-state index contributed by atoms with van der Waals surface area (Å²) in [5.41, 5.74) is 0.677. The first-order valence-corrected chi connectivity index (χ1v) is 6.79. The molecule has 19 heavy (non-hydrogen) atoms. The van der Waals surface area contributed by atoms with Gasteiger partial charge in [0.15, 0.2) is 0 Å². The second kappa shape index (κ2) is 5.08. The molecule has 0 aromatic heterocycles. The zero-order chi connectivity index (χ0) is 13.9. The number of hydrogen-bond donors (Lipinski definition) is 1. The molecule has 0 spiro atoms. The number of nitrogens with zero attached hydrogens (tertiary/aromatic N) is 1. The quantitative estimate of drug-likeness (QED) is 0.936. The number of nitrogens with one attached hydrogen (secondary N) is 1. The summed E-state index contributed by atoms with van der Waals surface area (Å²) in [4.78, 5) is -0.417. The van der Waals surface area contributed by atoms with Gasteiger partial charge >= 0.3 is 0 Å². The number of halogens is 1. The van der Waals surface area contributed by atoms with Crippen LogP contribution in [0.5, 0.6) is 0 Å². The smallest absolute Gasteiger partial charge is 0.264 e. The van der Waals surface area contributed by atoms with Gasteiger partial charge in [0.2, 0.25) is 0 Å². The fraction of sp³-hybridized carbons (Fsp3) is 0. The van der Waals surface area contributed by atoms with E-state index in [0.29, 0.717) is 5.56 Å². The normalized spacial score (nSPS) is 10.7. The monoisotopic (exact) mass is 276 g/mol. The average molecular weight is 276 g/mol. The topological polar surface area (TPSA) is 70.0 Å². The average Bonchev–Trinajstić information content (AvgIpc) is 2.39. The molecule has 0 bridgehead atoms. The summed E-state index contributed by atoms with van der Waals surface area (Å²) >= 11 is 0. The zero-order valence-electron chi connectivity index (χ0n) is 9.67. The Balaban J connectivity index is 2.32. The van der Waals surface area contributed by atoms with Gasteiger partial charge in [-0.2, -0.15) is 5.26 Å². The molecule has 0 fully saturated rings. The fourth-order valence-electron chi connectivity index (χ4n) is 1.49. The van der Waals surface area contributed by atoms with Gasteiger partial charge in [-0.1, -0.05) is 12.1 Å². The molecule has 2 rings (SSSR count). The van der Waals surface area contributed by atoms with E-state index in [-0.39, 0.29) is 5.69 Å². The molecule has 96 valence electrons. The van der Waals surface area contributed by atoms with Crippen molar-refractivity contribution in [3.63, 3.8) is 0 Å². The van der Waals surface area contributed by atoms with Crippen LogP contribution in [0.25, 0.3) is 0 Å². The van der Waals surface area contributed by atoms with Crippen molar-refractivity contribution in [2.24, 2.45) is 0 Å². The lowest BCUT2D eigenvalue weighted by atomic mass is 10.2. The Morgan fingerprint density at radius 2 is 1.68 bits per heavy atom. The van der Waals surface area contributed by atoms with E-state index >= 15 is 0 Å². The Morgan fingerprint density at radius 3 is 2.26 bits per heavy atom. The predicted octanol–water partition coefficient (Wildman–Crippen LogP) is 2.50. The minimum Gasteiger partial charge on any atom is -0.280 e. The molecule has 2 aromatic carbocycles. The summed E-state index contributed by atoms with van der Waals surface area (Å²) in [6.45, 7) is 0. The molecule has 1 N–H and O–H groups in total. The van der Waals surface area contributed by atoms with Gasteiger partial charge in [0.25, 0.3) is 10.0 Å². The lowest BCUT2D eigenvalue weighted by Gasteiger charge is -2.08. The van der Waals surface area contributed by atoms with Gasteiger partial charge in [-0.05, 0) is 36.4 Å². The SMILES string of the molecule is N#Cc1ccc(NS(=O)(=O)c2ccccc2F)cc1. The van der Waals surface area contributed by atoms with E-state index in [2.05, 4.69) is 4.72 Å². The first-order valence-electron chi connectivity index (χ1n) is 5.30. The van der Waals surface area contributed by atoms with Crippen molar-refractivity contribution in [1.82, 2.24) is 0 Å². The van der Waals surface area contributed by atoms with Gasteiger partial charge in [-0.3, -0.25) is 4.72 Å². The highest BCUT2D eigenvalue weighted by Gasteiger charge is 2.18. The predicted molar refractivity (Wildman–Crippen MR) is 68.4 cm³/mol. The largest absolute Gasteiger partial charge is 0.280 e. The minimum absolute atomic E-state index is 0.266. The van der Waals surface area contributed by atoms with Crippen molar-refractivity contribution in [3.05, 3.63) is 59.9 Å². The first kappa shape index (κ1) is 13.1. The number of anilines is 1. The molecule has 0 saturated carbocycles.